The highest BCUT2D eigenvalue weighted by atomic mass is 35.5. The van der Waals surface area contributed by atoms with Crippen LogP contribution in [0.2, 0.25) is 5.02 Å². The molecule has 0 atom stereocenters. The third-order valence-corrected chi connectivity index (χ3v) is 3.79. The summed E-state index contributed by atoms with van der Waals surface area (Å²) in [5, 5.41) is 16.2. The second-order valence-electron chi connectivity index (χ2n) is 4.41. The van der Waals surface area contributed by atoms with Gasteiger partial charge in [0.25, 0.3) is 5.22 Å². The number of nitrogens with zero attached hydrogens (tertiary/aromatic N) is 2. The van der Waals surface area contributed by atoms with Crippen LogP contribution in [0.4, 0.5) is 13.2 Å². The molecule has 6 nitrogen and oxygen atoms in total. The third-order valence-electron chi connectivity index (χ3n) is 2.57. The summed E-state index contributed by atoms with van der Waals surface area (Å²) >= 11 is 7.09. The van der Waals surface area contributed by atoms with Crippen molar-refractivity contribution in [2.24, 2.45) is 0 Å². The van der Waals surface area contributed by atoms with Gasteiger partial charge in [0, 0.05) is 12.2 Å². The Balaban J connectivity index is 2.03. The maximum atomic E-state index is 12.2. The molecule has 2 rings (SSSR count). The van der Waals surface area contributed by atoms with Gasteiger partial charge in [0.1, 0.15) is 5.75 Å². The quantitative estimate of drug-likeness (QED) is 0.566. The predicted octanol–water partition coefficient (Wildman–Crippen LogP) is 4.25. The second-order valence-corrected chi connectivity index (χ2v) is 5.86. The number of hydrogen-bond acceptors (Lipinski definition) is 6. The Hall–Kier alpha value is -1.94. The molecule has 0 radical (unpaired) electrons. The van der Waals surface area contributed by atoms with Gasteiger partial charge in [0.2, 0.25) is 5.89 Å². The van der Waals surface area contributed by atoms with Crippen molar-refractivity contribution >= 4 is 29.3 Å². The van der Waals surface area contributed by atoms with E-state index in [2.05, 4.69) is 14.9 Å². The van der Waals surface area contributed by atoms with Gasteiger partial charge in [-0.3, -0.25) is 4.79 Å². The molecule has 11 heteroatoms. The number of aromatic nitrogens is 2. The average molecular weight is 383 g/mol. The Kier molecular flexibility index (Phi) is 5.94. The van der Waals surface area contributed by atoms with Crippen LogP contribution in [0.3, 0.4) is 0 Å². The average Bonchev–Trinajstić information content (AvgIpc) is 2.90. The fraction of sp³-hybridized carbons (Fsp3) is 0.308. The molecule has 0 saturated heterocycles. The van der Waals surface area contributed by atoms with Crippen LogP contribution >= 0.6 is 23.4 Å². The van der Waals surface area contributed by atoms with Gasteiger partial charge in [-0.15, -0.1) is 23.4 Å². The van der Waals surface area contributed by atoms with Crippen molar-refractivity contribution < 1.29 is 32.2 Å². The molecule has 0 aliphatic rings. The highest BCUT2D eigenvalue weighted by Gasteiger charge is 2.31. The number of halogens is 4. The van der Waals surface area contributed by atoms with Crippen molar-refractivity contribution in [3.8, 4) is 17.2 Å². The van der Waals surface area contributed by atoms with Gasteiger partial charge >= 0.3 is 12.3 Å². The lowest BCUT2D eigenvalue weighted by Gasteiger charge is -2.09. The lowest BCUT2D eigenvalue weighted by atomic mass is 10.2. The molecule has 2 aromatic rings. The first-order valence-electron chi connectivity index (χ1n) is 6.48. The smallest absolute Gasteiger partial charge is 0.481 e. The third kappa shape index (κ3) is 5.60. The van der Waals surface area contributed by atoms with Crippen LogP contribution in [0, 0.1) is 0 Å². The van der Waals surface area contributed by atoms with Gasteiger partial charge in [-0.2, -0.15) is 0 Å². The highest BCUT2D eigenvalue weighted by molar-refractivity contribution is 7.99. The lowest BCUT2D eigenvalue weighted by molar-refractivity contribution is -0.274. The topological polar surface area (TPSA) is 85.5 Å². The largest absolute Gasteiger partial charge is 0.573 e. The van der Waals surface area contributed by atoms with Crippen LogP contribution in [0.1, 0.15) is 12.8 Å². The Morgan fingerprint density at radius 3 is 2.75 bits per heavy atom. The van der Waals surface area contributed by atoms with Gasteiger partial charge in [0.15, 0.2) is 0 Å². The van der Waals surface area contributed by atoms with Crippen molar-refractivity contribution in [2.75, 3.05) is 5.75 Å². The number of alkyl halides is 3. The molecule has 1 N–H and O–H groups in total. The summed E-state index contributed by atoms with van der Waals surface area (Å²) in [6.45, 7) is 0. The molecule has 0 saturated carbocycles. The van der Waals surface area contributed by atoms with Crippen LogP contribution in [-0.2, 0) is 4.79 Å². The zero-order valence-corrected chi connectivity index (χ0v) is 13.4. The Morgan fingerprint density at radius 1 is 1.38 bits per heavy atom. The minimum Gasteiger partial charge on any atom is -0.481 e. The zero-order chi connectivity index (χ0) is 17.7. The summed E-state index contributed by atoms with van der Waals surface area (Å²) in [7, 11) is 0. The molecule has 0 aliphatic carbocycles. The van der Waals surface area contributed by atoms with Crippen molar-refractivity contribution in [3.63, 3.8) is 0 Å². The van der Waals surface area contributed by atoms with Crippen LogP contribution in [0.25, 0.3) is 11.5 Å². The summed E-state index contributed by atoms with van der Waals surface area (Å²) in [5.74, 6) is -0.840. The monoisotopic (exact) mass is 382 g/mol. The molecule has 24 heavy (non-hydrogen) atoms. The summed E-state index contributed by atoms with van der Waals surface area (Å²) in [4.78, 5) is 10.4. The van der Waals surface area contributed by atoms with Gasteiger partial charge < -0.3 is 14.3 Å². The minimum absolute atomic E-state index is 0.0283. The summed E-state index contributed by atoms with van der Waals surface area (Å²) in [6.07, 6.45) is -4.35. The van der Waals surface area contributed by atoms with Crippen molar-refractivity contribution in [2.45, 2.75) is 24.4 Å². The van der Waals surface area contributed by atoms with E-state index in [1.165, 1.54) is 17.8 Å². The van der Waals surface area contributed by atoms with Crippen LogP contribution in [0.5, 0.6) is 5.75 Å². The molecule has 1 aromatic heterocycles. The molecular weight excluding hydrogens is 373 g/mol. The zero-order valence-electron chi connectivity index (χ0n) is 11.8. The molecular formula is C13H10ClF3N2O4S. The number of rotatable bonds is 7. The number of benzene rings is 1. The molecule has 130 valence electrons. The first-order valence-corrected chi connectivity index (χ1v) is 7.85. The molecule has 0 amide bonds. The summed E-state index contributed by atoms with van der Waals surface area (Å²) in [6, 6.07) is 3.35. The van der Waals surface area contributed by atoms with Crippen molar-refractivity contribution in [1.82, 2.24) is 10.2 Å². The summed E-state index contributed by atoms with van der Waals surface area (Å²) < 4.78 is 45.6. The molecule has 0 aliphatic heterocycles. The number of thioether (sulfide) groups is 1. The lowest BCUT2D eigenvalue weighted by Crippen LogP contribution is -2.17. The molecule has 0 spiro atoms. The number of ether oxygens (including phenoxy) is 1. The maximum Gasteiger partial charge on any atom is 0.573 e. The molecule has 0 fully saturated rings. The van der Waals surface area contributed by atoms with E-state index in [0.717, 1.165) is 12.1 Å². The molecule has 1 aromatic carbocycles. The van der Waals surface area contributed by atoms with Gasteiger partial charge in [0.05, 0.1) is 10.6 Å². The predicted molar refractivity (Wildman–Crippen MR) is 79.0 cm³/mol. The van der Waals surface area contributed by atoms with E-state index in [0.29, 0.717) is 12.2 Å². The Morgan fingerprint density at radius 2 is 2.12 bits per heavy atom. The Bertz CT molecular complexity index is 723. The summed E-state index contributed by atoms with van der Waals surface area (Å²) in [5.41, 5.74) is 0.260. The van der Waals surface area contributed by atoms with E-state index in [1.807, 2.05) is 0 Å². The van der Waals surface area contributed by atoms with E-state index < -0.39 is 18.1 Å². The SMILES string of the molecule is O=C(O)CCCSc1nnc(-c2ccc(OC(F)(F)F)cc2Cl)o1. The number of carbonyl (C=O) groups is 1. The number of carboxylic acids is 1. The van der Waals surface area contributed by atoms with E-state index >= 15 is 0 Å². The van der Waals surface area contributed by atoms with Crippen molar-refractivity contribution in [3.05, 3.63) is 23.2 Å². The first kappa shape index (κ1) is 18.4. The van der Waals surface area contributed by atoms with E-state index in [1.54, 1.807) is 0 Å². The standard InChI is InChI=1S/C13H10ClF3N2O4S/c14-9-6-7(23-13(15,16)17)3-4-8(9)11-18-19-12(22-11)24-5-1-2-10(20)21/h3-4,6H,1-2,5H2,(H,20,21). The van der Waals surface area contributed by atoms with Gasteiger partial charge in [-0.25, -0.2) is 0 Å². The molecule has 0 unspecified atom stereocenters. The normalized spacial score (nSPS) is 11.5. The van der Waals surface area contributed by atoms with E-state index in [-0.39, 0.29) is 28.1 Å². The maximum absolute atomic E-state index is 12.2. The minimum atomic E-state index is -4.81. The fourth-order valence-corrected chi connectivity index (χ4v) is 2.58. The number of hydrogen-bond donors (Lipinski definition) is 1. The first-order chi connectivity index (χ1) is 11.2. The highest BCUT2D eigenvalue weighted by Crippen LogP contribution is 2.33. The number of aliphatic carboxylic acids is 1. The Labute approximate surface area is 143 Å². The van der Waals surface area contributed by atoms with Crippen molar-refractivity contribution in [1.29, 1.82) is 0 Å². The van der Waals surface area contributed by atoms with Crippen LogP contribution in [0.15, 0.2) is 27.8 Å². The molecule has 0 bridgehead atoms. The fourth-order valence-electron chi connectivity index (χ4n) is 1.63. The number of carboxylic acid groups (broad SMARTS) is 1. The van der Waals surface area contributed by atoms with Gasteiger partial charge in [-0.1, -0.05) is 23.4 Å². The van der Waals surface area contributed by atoms with Gasteiger partial charge in [-0.05, 0) is 24.6 Å². The molecule has 1 heterocycles. The second kappa shape index (κ2) is 7.75. The van der Waals surface area contributed by atoms with Crippen LogP contribution < -0.4 is 4.74 Å². The van der Waals surface area contributed by atoms with E-state index in [4.69, 9.17) is 21.1 Å². The van der Waals surface area contributed by atoms with E-state index in [9.17, 15) is 18.0 Å². The van der Waals surface area contributed by atoms with Crippen LogP contribution in [-0.4, -0.2) is 33.4 Å².